The fourth-order valence-electron chi connectivity index (χ4n) is 11.2. The molecule has 0 unspecified atom stereocenters. The van der Waals surface area contributed by atoms with Crippen LogP contribution in [0.4, 0.5) is 0 Å². The summed E-state index contributed by atoms with van der Waals surface area (Å²) < 4.78 is 65.8. The molecule has 1 N–H and O–H groups in total. The van der Waals surface area contributed by atoms with E-state index in [1.807, 2.05) is 0 Å². The van der Waals surface area contributed by atoms with E-state index in [1.54, 1.807) is 0 Å². The van der Waals surface area contributed by atoms with Gasteiger partial charge in [-0.25, -0.2) is 0 Å². The molecule has 14 heteroatoms. The second kappa shape index (κ2) is 23.2. The molecule has 11 atom stereocenters. The summed E-state index contributed by atoms with van der Waals surface area (Å²) >= 11 is 0. The Morgan fingerprint density at radius 3 is 1.97 bits per heavy atom. The number of aliphatic hydroxyl groups excluding tert-OH is 1. The number of ether oxygens (including phenoxy) is 5. The summed E-state index contributed by atoms with van der Waals surface area (Å²) in [7, 11) is -8.55. The Labute approximate surface area is 445 Å². The van der Waals surface area contributed by atoms with Gasteiger partial charge in [-0.15, -0.1) is 0 Å². The first kappa shape index (κ1) is 62.5. The van der Waals surface area contributed by atoms with Gasteiger partial charge in [0.25, 0.3) is 0 Å². The first-order valence-electron chi connectivity index (χ1n) is 28.8. The molecule has 0 aliphatic carbocycles. The van der Waals surface area contributed by atoms with Crippen molar-refractivity contribution in [1.82, 2.24) is 0 Å². The van der Waals surface area contributed by atoms with E-state index in [0.717, 1.165) is 87.9 Å². The Morgan fingerprint density at radius 2 is 1.39 bits per heavy atom. The number of aliphatic hydroxyl groups is 1. The molecule has 5 aliphatic rings. The average Bonchev–Trinajstić information content (AvgIpc) is 3.77. The van der Waals surface area contributed by atoms with Crippen molar-refractivity contribution >= 4 is 33.3 Å². The van der Waals surface area contributed by atoms with Crippen LogP contribution < -0.4 is 0 Å². The summed E-state index contributed by atoms with van der Waals surface area (Å²) in [5, 5.41) is 9.57. The number of fused-ring (bicyclic) bond motifs is 2. The number of hydrogen-bond donors (Lipinski definition) is 1. The molecule has 5 fully saturated rings. The molecule has 0 amide bonds. The van der Waals surface area contributed by atoms with E-state index in [0.29, 0.717) is 25.9 Å². The standard InChI is InChI=1S/C58H110O10Si4/c1-23-72(24-2,25-3)68-55(16)35-33-46(39-43(4)29-26-27-38-59)62-58(55)37-36-56(67-58)34-28-30-47(61-56)41-57-40-45(6)50(66-71(21,22)54(13,14)15)51(64-57)48(63-57)32-31-44(5)49(65-70(19,20)53(10,11)12)42-60-69(17,18)52(7,8)9/h31-32,45-51,59H,4-5,23-30,33-42H2,1-3,6-22H3/b32-31+/t45-,46+,47-,48+,49-,50-,51+,55-,56-,57-,58-/m1/s1. The van der Waals surface area contributed by atoms with Crippen molar-refractivity contribution in [2.24, 2.45) is 5.92 Å². The zero-order valence-corrected chi connectivity index (χ0v) is 54.0. The van der Waals surface area contributed by atoms with Crippen LogP contribution in [0.2, 0.25) is 72.5 Å². The van der Waals surface area contributed by atoms with Crippen molar-refractivity contribution in [2.75, 3.05) is 13.2 Å². The molecular formula is C58H110O10Si4. The van der Waals surface area contributed by atoms with E-state index in [-0.39, 0.29) is 64.3 Å². The predicted molar refractivity (Wildman–Crippen MR) is 306 cm³/mol. The highest BCUT2D eigenvalue weighted by Crippen LogP contribution is 2.58. The summed E-state index contributed by atoms with van der Waals surface area (Å²) in [4.78, 5) is 0. The lowest BCUT2D eigenvalue weighted by molar-refractivity contribution is -0.400. The van der Waals surface area contributed by atoms with Gasteiger partial charge in [-0.3, -0.25) is 0 Å². The molecule has 5 heterocycles. The van der Waals surface area contributed by atoms with E-state index in [1.165, 1.54) is 5.57 Å². The highest BCUT2D eigenvalue weighted by Gasteiger charge is 2.66. The summed E-state index contributed by atoms with van der Waals surface area (Å²) in [5.74, 6) is -2.39. The second-order valence-corrected chi connectivity index (χ2v) is 47.1. The Kier molecular flexibility index (Phi) is 20.1. The molecule has 5 saturated heterocycles. The molecule has 5 aliphatic heterocycles. The van der Waals surface area contributed by atoms with Crippen molar-refractivity contribution < 1.29 is 46.5 Å². The molecule has 0 aromatic heterocycles. The normalized spacial score (nSPS) is 33.6. The van der Waals surface area contributed by atoms with Gasteiger partial charge in [-0.1, -0.05) is 121 Å². The molecule has 0 radical (unpaired) electrons. The van der Waals surface area contributed by atoms with Crippen LogP contribution in [0.25, 0.3) is 0 Å². The van der Waals surface area contributed by atoms with Crippen LogP contribution in [-0.2, 0) is 41.4 Å². The topological polar surface area (TPSA) is 103 Å². The van der Waals surface area contributed by atoms with Crippen molar-refractivity contribution in [1.29, 1.82) is 0 Å². The van der Waals surface area contributed by atoms with Gasteiger partial charge in [0.15, 0.2) is 50.6 Å². The minimum absolute atomic E-state index is 0.0141. The summed E-state index contributed by atoms with van der Waals surface area (Å²) in [5.41, 5.74) is 1.46. The Hall–Kier alpha value is -0.312. The third kappa shape index (κ3) is 14.1. The first-order valence-corrected chi connectivity index (χ1v) is 40.0. The van der Waals surface area contributed by atoms with Gasteiger partial charge in [0.1, 0.15) is 17.8 Å². The molecular weight excluding hydrogens is 969 g/mol. The highest BCUT2D eigenvalue weighted by atomic mass is 28.4. The maximum absolute atomic E-state index is 9.44. The van der Waals surface area contributed by atoms with Crippen molar-refractivity contribution in [3.8, 4) is 0 Å². The van der Waals surface area contributed by atoms with Crippen molar-refractivity contribution in [3.63, 3.8) is 0 Å². The lowest BCUT2D eigenvalue weighted by atomic mass is 9.82. The smallest absolute Gasteiger partial charge is 0.199 e. The molecule has 0 aromatic rings. The number of unbranched alkanes of at least 4 members (excludes halogenated alkanes) is 1. The van der Waals surface area contributed by atoms with Crippen LogP contribution in [0.15, 0.2) is 36.5 Å². The van der Waals surface area contributed by atoms with Gasteiger partial charge in [0.2, 0.25) is 0 Å². The molecule has 72 heavy (non-hydrogen) atoms. The fraction of sp³-hybridized carbons (Fsp3) is 0.897. The lowest BCUT2D eigenvalue weighted by Gasteiger charge is -2.55. The monoisotopic (exact) mass is 1080 g/mol. The van der Waals surface area contributed by atoms with Crippen molar-refractivity contribution in [3.05, 3.63) is 36.5 Å². The lowest BCUT2D eigenvalue weighted by Crippen LogP contribution is -2.65. The van der Waals surface area contributed by atoms with Gasteiger partial charge in [0.05, 0.1) is 31.0 Å². The van der Waals surface area contributed by atoms with Crippen LogP contribution in [0.5, 0.6) is 0 Å². The van der Waals surface area contributed by atoms with E-state index in [2.05, 4.69) is 162 Å². The fourth-order valence-corrected chi connectivity index (χ4v) is 18.1. The van der Waals surface area contributed by atoms with Gasteiger partial charge < -0.3 is 46.5 Å². The van der Waals surface area contributed by atoms with Gasteiger partial charge in [-0.2, -0.15) is 0 Å². The maximum atomic E-state index is 9.44. The zero-order chi connectivity index (χ0) is 54.2. The largest absolute Gasteiger partial charge is 0.414 e. The number of hydrogen-bond acceptors (Lipinski definition) is 10. The molecule has 0 aromatic carbocycles. The molecule has 418 valence electrons. The molecule has 2 bridgehead atoms. The number of rotatable bonds is 23. The molecule has 10 nitrogen and oxygen atoms in total. The quantitative estimate of drug-likeness (QED) is 0.0460. The summed E-state index contributed by atoms with van der Waals surface area (Å²) in [6.07, 6.45) is 13.7. The van der Waals surface area contributed by atoms with E-state index >= 15 is 0 Å². The SMILES string of the molecule is C=C(CCCCO)C[C@@H]1CC[C@@](C)(O[Si](CC)(CC)CC)[C@]2(CC[C@@]3(CCC[C@H](C[C@@]45C[C@@H](C)[C@@H](O[Si](C)(C)C(C)(C)C)[C@@H](O4)[C@H](/C=C/C(=C)[C@@H](CO[Si](C)(C)C(C)(C)C)O[Si](C)(C)C(C)(C)C)O5)O3)O2)O1. The van der Waals surface area contributed by atoms with Crippen LogP contribution in [-0.4, -0.2) is 111 Å². The van der Waals surface area contributed by atoms with E-state index < -0.39 is 56.2 Å². The Morgan fingerprint density at radius 1 is 0.764 bits per heavy atom. The van der Waals surface area contributed by atoms with E-state index in [4.69, 9.17) is 41.4 Å². The first-order chi connectivity index (χ1) is 33.0. The molecule has 2 spiro atoms. The van der Waals surface area contributed by atoms with Gasteiger partial charge >= 0.3 is 0 Å². The van der Waals surface area contributed by atoms with Gasteiger partial charge in [-0.05, 0) is 142 Å². The highest BCUT2D eigenvalue weighted by molar-refractivity contribution is 6.75. The minimum atomic E-state index is -2.20. The second-order valence-electron chi connectivity index (χ2n) is 28.1. The zero-order valence-electron chi connectivity index (χ0n) is 50.0. The average molecular weight is 1080 g/mol. The maximum Gasteiger partial charge on any atom is 0.199 e. The van der Waals surface area contributed by atoms with E-state index in [9.17, 15) is 5.11 Å². The third-order valence-corrected chi connectivity index (χ3v) is 37.7. The summed E-state index contributed by atoms with van der Waals surface area (Å²) in [6.45, 7) is 55.9. The predicted octanol–water partition coefficient (Wildman–Crippen LogP) is 15.7. The van der Waals surface area contributed by atoms with Crippen molar-refractivity contribution in [2.45, 2.75) is 313 Å². The molecule has 5 rings (SSSR count). The van der Waals surface area contributed by atoms with Crippen LogP contribution >= 0.6 is 0 Å². The molecule has 0 saturated carbocycles. The van der Waals surface area contributed by atoms with Crippen LogP contribution in [0.1, 0.15) is 180 Å². The van der Waals surface area contributed by atoms with Gasteiger partial charge in [0, 0.05) is 38.7 Å². The van der Waals surface area contributed by atoms with Crippen LogP contribution in [0.3, 0.4) is 0 Å². The third-order valence-electron chi connectivity index (χ3n) is 19.5. The summed E-state index contributed by atoms with van der Waals surface area (Å²) in [6, 6.07) is 3.18. The van der Waals surface area contributed by atoms with Crippen LogP contribution in [0, 0.1) is 5.92 Å². The Balaban J connectivity index is 1.43. The minimum Gasteiger partial charge on any atom is -0.414 e. The Bertz CT molecular complexity index is 1840.